The molecule has 196 valence electrons. The van der Waals surface area contributed by atoms with Gasteiger partial charge in [-0.3, -0.25) is 14.4 Å². The number of carbonyl (C=O) groups is 3. The fourth-order valence-corrected chi connectivity index (χ4v) is 5.10. The average Bonchev–Trinajstić information content (AvgIpc) is 3.57. The van der Waals surface area contributed by atoms with Gasteiger partial charge in [-0.1, -0.05) is 53.6 Å². The number of nitrogens with zero attached hydrogens (tertiary/aromatic N) is 1. The van der Waals surface area contributed by atoms with Gasteiger partial charge >= 0.3 is 5.97 Å². The highest BCUT2D eigenvalue weighted by Crippen LogP contribution is 2.45. The topological polar surface area (TPSA) is 94.2 Å². The number of fused-ring (bicyclic) bond motifs is 1. The third-order valence-electron chi connectivity index (χ3n) is 7.16. The molecule has 2 aliphatic heterocycles. The van der Waals surface area contributed by atoms with Crippen LogP contribution in [0.3, 0.4) is 0 Å². The maximum atomic E-state index is 14.0. The number of ether oxygens (including phenoxy) is 3. The number of rotatable bonds is 6. The molecule has 38 heavy (non-hydrogen) atoms. The molecule has 0 aromatic heterocycles. The van der Waals surface area contributed by atoms with Gasteiger partial charge in [0.15, 0.2) is 11.5 Å². The fraction of sp³-hybridized carbons (Fsp3) is 0.300. The van der Waals surface area contributed by atoms with Crippen LogP contribution in [0, 0.1) is 19.8 Å². The molecule has 1 N–H and O–H groups in total. The Labute approximate surface area is 221 Å². The normalized spacial score (nSPS) is 19.8. The van der Waals surface area contributed by atoms with E-state index in [2.05, 4.69) is 5.32 Å². The molecule has 8 nitrogen and oxygen atoms in total. The van der Waals surface area contributed by atoms with Crippen LogP contribution in [0.25, 0.3) is 0 Å². The Bertz CT molecular complexity index is 1350. The van der Waals surface area contributed by atoms with Crippen molar-refractivity contribution in [2.75, 3.05) is 13.9 Å². The van der Waals surface area contributed by atoms with Crippen LogP contribution in [-0.4, -0.2) is 42.6 Å². The van der Waals surface area contributed by atoms with E-state index in [9.17, 15) is 14.4 Å². The zero-order valence-corrected chi connectivity index (χ0v) is 21.6. The first-order chi connectivity index (χ1) is 18.4. The highest BCUT2D eigenvalue weighted by Gasteiger charge is 2.51. The summed E-state index contributed by atoms with van der Waals surface area (Å²) in [7, 11) is 1.32. The zero-order chi connectivity index (χ0) is 26.8. The summed E-state index contributed by atoms with van der Waals surface area (Å²) >= 11 is 0. The Morgan fingerprint density at radius 1 is 0.921 bits per heavy atom. The molecule has 2 amide bonds. The van der Waals surface area contributed by atoms with Gasteiger partial charge in [0, 0.05) is 12.1 Å². The molecule has 3 aromatic carbocycles. The van der Waals surface area contributed by atoms with Gasteiger partial charge in [0.2, 0.25) is 12.7 Å². The Morgan fingerprint density at radius 3 is 2.26 bits per heavy atom. The van der Waals surface area contributed by atoms with Gasteiger partial charge in [-0.05, 0) is 55.7 Å². The highest BCUT2D eigenvalue weighted by molar-refractivity contribution is 5.99. The molecule has 0 bridgehead atoms. The highest BCUT2D eigenvalue weighted by atomic mass is 16.7. The van der Waals surface area contributed by atoms with Crippen LogP contribution < -0.4 is 14.8 Å². The molecule has 0 saturated carbocycles. The summed E-state index contributed by atoms with van der Waals surface area (Å²) in [5.41, 5.74) is 4.17. The summed E-state index contributed by atoms with van der Waals surface area (Å²) in [5, 5.41) is 2.97. The lowest BCUT2D eigenvalue weighted by atomic mass is 9.92. The monoisotopic (exact) mass is 514 g/mol. The number of carbonyl (C=O) groups excluding carboxylic acids is 3. The number of nitrogens with one attached hydrogen (secondary N) is 1. The molecule has 3 unspecified atom stereocenters. The molecule has 0 radical (unpaired) electrons. The number of hydrogen-bond acceptors (Lipinski definition) is 6. The van der Waals surface area contributed by atoms with Crippen molar-refractivity contribution in [1.29, 1.82) is 0 Å². The van der Waals surface area contributed by atoms with Gasteiger partial charge in [-0.25, -0.2) is 0 Å². The summed E-state index contributed by atoms with van der Waals surface area (Å²) in [6.07, 6.45) is 0.128. The van der Waals surface area contributed by atoms with Crippen LogP contribution in [0.2, 0.25) is 0 Å². The summed E-state index contributed by atoms with van der Waals surface area (Å²) in [6.45, 7) is 4.34. The average molecular weight is 515 g/mol. The van der Waals surface area contributed by atoms with Crippen molar-refractivity contribution in [2.24, 2.45) is 5.92 Å². The second-order valence-electron chi connectivity index (χ2n) is 9.72. The van der Waals surface area contributed by atoms with E-state index in [-0.39, 0.29) is 25.0 Å². The number of benzene rings is 3. The number of likely N-dealkylation sites (tertiary alicyclic amines) is 1. The minimum Gasteiger partial charge on any atom is -0.469 e. The maximum absolute atomic E-state index is 14.0. The van der Waals surface area contributed by atoms with E-state index >= 15 is 0 Å². The van der Waals surface area contributed by atoms with Crippen LogP contribution in [0.1, 0.15) is 45.1 Å². The number of amides is 2. The molecule has 3 aromatic rings. The smallest absolute Gasteiger partial charge is 0.311 e. The number of hydrogen-bond donors (Lipinski definition) is 1. The molecule has 1 saturated heterocycles. The molecular weight excluding hydrogens is 484 g/mol. The van der Waals surface area contributed by atoms with E-state index in [4.69, 9.17) is 14.2 Å². The summed E-state index contributed by atoms with van der Waals surface area (Å²) in [6, 6.07) is 18.7. The first-order valence-electron chi connectivity index (χ1n) is 12.6. The summed E-state index contributed by atoms with van der Waals surface area (Å²) in [5.74, 6) is -0.780. The summed E-state index contributed by atoms with van der Waals surface area (Å²) in [4.78, 5) is 42.1. The number of esters is 1. The van der Waals surface area contributed by atoms with Gasteiger partial charge in [0.25, 0.3) is 5.91 Å². The van der Waals surface area contributed by atoms with E-state index in [1.807, 2.05) is 50.2 Å². The second-order valence-corrected chi connectivity index (χ2v) is 9.72. The van der Waals surface area contributed by atoms with Gasteiger partial charge < -0.3 is 24.4 Å². The maximum Gasteiger partial charge on any atom is 0.311 e. The third kappa shape index (κ3) is 4.94. The van der Waals surface area contributed by atoms with Crippen molar-refractivity contribution in [3.8, 4) is 11.5 Å². The standard InChI is InChI=1S/C30H30N2O6/c1-18-4-8-20(9-5-18)16-31-28(33)24-15-23(30(35)36-3)27(22-12-13-25-26(14-22)38-17-37-25)32(24)29(34)21-10-6-19(2)7-11-21/h4-14,23-24,27H,15-17H2,1-3H3,(H,31,33). The molecule has 5 rings (SSSR count). The van der Waals surface area contributed by atoms with E-state index in [0.29, 0.717) is 29.2 Å². The minimum atomic E-state index is -0.881. The van der Waals surface area contributed by atoms with Crippen LogP contribution >= 0.6 is 0 Å². The van der Waals surface area contributed by atoms with Crippen molar-refractivity contribution < 1.29 is 28.6 Å². The van der Waals surface area contributed by atoms with E-state index < -0.39 is 24.0 Å². The lowest BCUT2D eigenvalue weighted by Crippen LogP contribution is -2.46. The Kier molecular flexibility index (Phi) is 7.05. The van der Waals surface area contributed by atoms with Crippen LogP contribution in [0.4, 0.5) is 0 Å². The van der Waals surface area contributed by atoms with Crippen molar-refractivity contribution in [2.45, 2.75) is 38.9 Å². The van der Waals surface area contributed by atoms with Crippen molar-refractivity contribution in [1.82, 2.24) is 10.2 Å². The van der Waals surface area contributed by atoms with Crippen molar-refractivity contribution >= 4 is 17.8 Å². The first-order valence-corrected chi connectivity index (χ1v) is 12.6. The van der Waals surface area contributed by atoms with Crippen LogP contribution in [0.5, 0.6) is 11.5 Å². The van der Waals surface area contributed by atoms with Crippen molar-refractivity contribution in [3.05, 3.63) is 94.5 Å². The molecular formula is C30H30N2O6. The lowest BCUT2D eigenvalue weighted by Gasteiger charge is -2.31. The number of aryl methyl sites for hydroxylation is 2. The molecule has 1 fully saturated rings. The van der Waals surface area contributed by atoms with E-state index in [1.165, 1.54) is 12.0 Å². The SMILES string of the molecule is COC(=O)C1CC(C(=O)NCc2ccc(C)cc2)N(C(=O)c2ccc(C)cc2)C1c1ccc2c(c1)OCO2. The largest absolute Gasteiger partial charge is 0.469 e. The fourth-order valence-electron chi connectivity index (χ4n) is 5.10. The molecule has 8 heteroatoms. The van der Waals surface area contributed by atoms with Gasteiger partial charge in [-0.15, -0.1) is 0 Å². The Balaban J connectivity index is 1.52. The van der Waals surface area contributed by atoms with E-state index in [0.717, 1.165) is 16.7 Å². The van der Waals surface area contributed by atoms with Crippen LogP contribution in [-0.2, 0) is 20.9 Å². The number of methoxy groups -OCH3 is 1. The predicted octanol–water partition coefficient (Wildman–Crippen LogP) is 4.09. The Morgan fingerprint density at radius 2 is 1.58 bits per heavy atom. The first kappa shape index (κ1) is 25.3. The lowest BCUT2D eigenvalue weighted by molar-refractivity contribution is -0.146. The van der Waals surface area contributed by atoms with Crippen LogP contribution in [0.15, 0.2) is 66.7 Å². The molecule has 2 aliphatic rings. The zero-order valence-electron chi connectivity index (χ0n) is 21.6. The van der Waals surface area contributed by atoms with Gasteiger partial charge in [0.05, 0.1) is 19.1 Å². The predicted molar refractivity (Wildman–Crippen MR) is 140 cm³/mol. The van der Waals surface area contributed by atoms with Crippen molar-refractivity contribution in [3.63, 3.8) is 0 Å². The second kappa shape index (κ2) is 10.6. The molecule has 0 aliphatic carbocycles. The van der Waals surface area contributed by atoms with Gasteiger partial charge in [0.1, 0.15) is 6.04 Å². The quantitative estimate of drug-likeness (QED) is 0.498. The van der Waals surface area contributed by atoms with Gasteiger partial charge in [-0.2, -0.15) is 0 Å². The minimum absolute atomic E-state index is 0.0972. The van der Waals surface area contributed by atoms with E-state index in [1.54, 1.807) is 30.3 Å². The Hall–Kier alpha value is -4.33. The third-order valence-corrected chi connectivity index (χ3v) is 7.16. The molecule has 2 heterocycles. The molecule has 3 atom stereocenters. The molecule has 0 spiro atoms. The summed E-state index contributed by atoms with van der Waals surface area (Å²) < 4.78 is 16.1.